The molecule has 2 aromatic rings. The number of nitrogens with one attached hydrogen (secondary N) is 1. The number of para-hydroxylation sites is 1. The molecule has 3 rings (SSSR count). The molecule has 5 nitrogen and oxygen atoms in total. The summed E-state index contributed by atoms with van der Waals surface area (Å²) >= 11 is 0. The SMILES string of the molecule is CCCCNC(=O)c1nc(-c2ccccc2OC)n(CC2CCCCC2)c1C. The molecule has 0 spiro atoms. The van der Waals surface area contributed by atoms with Crippen molar-refractivity contribution in [3.63, 3.8) is 0 Å². The van der Waals surface area contributed by atoms with Crippen LogP contribution >= 0.6 is 0 Å². The first kappa shape index (κ1) is 20.4. The zero-order valence-electron chi connectivity index (χ0n) is 17.5. The Balaban J connectivity index is 1.97. The fourth-order valence-corrected chi connectivity index (χ4v) is 4.10. The fourth-order valence-electron chi connectivity index (χ4n) is 4.10. The van der Waals surface area contributed by atoms with Gasteiger partial charge in [-0.1, -0.05) is 44.7 Å². The fraction of sp³-hybridized carbons (Fsp3) is 0.565. The second kappa shape index (κ2) is 9.76. The highest BCUT2D eigenvalue weighted by molar-refractivity contribution is 5.94. The van der Waals surface area contributed by atoms with Gasteiger partial charge in [0.1, 0.15) is 17.3 Å². The lowest BCUT2D eigenvalue weighted by Gasteiger charge is -2.24. The second-order valence-electron chi connectivity index (χ2n) is 7.79. The van der Waals surface area contributed by atoms with Crippen LogP contribution in [0, 0.1) is 12.8 Å². The molecule has 1 saturated carbocycles. The molecule has 1 aromatic carbocycles. The Morgan fingerprint density at radius 3 is 2.71 bits per heavy atom. The van der Waals surface area contributed by atoms with E-state index in [0.29, 0.717) is 18.2 Å². The van der Waals surface area contributed by atoms with Crippen molar-refractivity contribution in [2.45, 2.75) is 65.3 Å². The molecule has 152 valence electrons. The zero-order chi connectivity index (χ0) is 19.9. The van der Waals surface area contributed by atoms with Crippen molar-refractivity contribution in [3.8, 4) is 17.1 Å². The van der Waals surface area contributed by atoms with Crippen molar-refractivity contribution >= 4 is 5.91 Å². The molecule has 0 unspecified atom stereocenters. The number of aromatic nitrogens is 2. The van der Waals surface area contributed by atoms with Gasteiger partial charge in [0.2, 0.25) is 0 Å². The van der Waals surface area contributed by atoms with Gasteiger partial charge in [-0.2, -0.15) is 0 Å². The highest BCUT2D eigenvalue weighted by atomic mass is 16.5. The molecule has 0 atom stereocenters. The predicted octanol–water partition coefficient (Wildman–Crippen LogP) is 4.98. The van der Waals surface area contributed by atoms with Crippen LogP contribution in [0.1, 0.15) is 68.1 Å². The van der Waals surface area contributed by atoms with E-state index in [2.05, 4.69) is 16.8 Å². The second-order valence-corrected chi connectivity index (χ2v) is 7.79. The van der Waals surface area contributed by atoms with Gasteiger partial charge in [-0.3, -0.25) is 4.79 Å². The van der Waals surface area contributed by atoms with Crippen LogP contribution in [0.15, 0.2) is 24.3 Å². The van der Waals surface area contributed by atoms with Gasteiger partial charge >= 0.3 is 0 Å². The van der Waals surface area contributed by atoms with Gasteiger partial charge in [-0.15, -0.1) is 0 Å². The number of unbranched alkanes of at least 4 members (excludes halogenated alkanes) is 1. The topological polar surface area (TPSA) is 56.1 Å². The van der Waals surface area contributed by atoms with Crippen LogP contribution in [-0.2, 0) is 6.54 Å². The first-order chi connectivity index (χ1) is 13.7. The number of nitrogens with zero attached hydrogens (tertiary/aromatic N) is 2. The number of methoxy groups -OCH3 is 1. The van der Waals surface area contributed by atoms with E-state index in [1.807, 2.05) is 31.2 Å². The van der Waals surface area contributed by atoms with Crippen molar-refractivity contribution < 1.29 is 9.53 Å². The maximum atomic E-state index is 12.8. The normalized spacial score (nSPS) is 14.8. The van der Waals surface area contributed by atoms with E-state index in [9.17, 15) is 4.79 Å². The third-order valence-corrected chi connectivity index (χ3v) is 5.77. The summed E-state index contributed by atoms with van der Waals surface area (Å²) in [5, 5.41) is 3.02. The number of amides is 1. The Morgan fingerprint density at radius 1 is 1.25 bits per heavy atom. The molecular weight excluding hydrogens is 350 g/mol. The number of carbonyl (C=O) groups is 1. The molecule has 1 aromatic heterocycles. The first-order valence-corrected chi connectivity index (χ1v) is 10.6. The number of carbonyl (C=O) groups excluding carboxylic acids is 1. The molecule has 1 N–H and O–H groups in total. The summed E-state index contributed by atoms with van der Waals surface area (Å²) in [5.41, 5.74) is 2.42. The number of hydrogen-bond acceptors (Lipinski definition) is 3. The molecule has 0 aliphatic heterocycles. The summed E-state index contributed by atoms with van der Waals surface area (Å²) in [6.07, 6.45) is 8.47. The van der Waals surface area contributed by atoms with Crippen LogP contribution in [0.5, 0.6) is 5.75 Å². The number of rotatable bonds is 8. The van der Waals surface area contributed by atoms with Crippen LogP contribution in [0.2, 0.25) is 0 Å². The van der Waals surface area contributed by atoms with E-state index < -0.39 is 0 Å². The van der Waals surface area contributed by atoms with Gasteiger partial charge in [0.05, 0.1) is 12.7 Å². The van der Waals surface area contributed by atoms with Crippen molar-refractivity contribution in [1.82, 2.24) is 14.9 Å². The lowest BCUT2D eigenvalue weighted by molar-refractivity contribution is 0.0948. The Morgan fingerprint density at radius 2 is 2.00 bits per heavy atom. The molecule has 0 bridgehead atoms. The molecule has 1 heterocycles. The smallest absolute Gasteiger partial charge is 0.271 e. The highest BCUT2D eigenvalue weighted by Gasteiger charge is 2.24. The number of ether oxygens (including phenoxy) is 1. The molecule has 1 fully saturated rings. The summed E-state index contributed by atoms with van der Waals surface area (Å²) < 4.78 is 7.82. The molecule has 1 aliphatic rings. The van der Waals surface area contributed by atoms with Crippen LogP contribution in [0.25, 0.3) is 11.4 Å². The summed E-state index contributed by atoms with van der Waals surface area (Å²) in [7, 11) is 1.68. The average Bonchev–Trinajstić information content (AvgIpc) is 3.05. The van der Waals surface area contributed by atoms with Gasteiger partial charge in [-0.05, 0) is 44.2 Å². The van der Waals surface area contributed by atoms with Crippen molar-refractivity contribution in [2.24, 2.45) is 5.92 Å². The predicted molar refractivity (Wildman–Crippen MR) is 113 cm³/mol. The van der Waals surface area contributed by atoms with E-state index in [1.165, 1.54) is 32.1 Å². The van der Waals surface area contributed by atoms with Crippen molar-refractivity contribution in [1.29, 1.82) is 0 Å². The van der Waals surface area contributed by atoms with E-state index in [-0.39, 0.29) is 5.91 Å². The average molecular weight is 384 g/mol. The van der Waals surface area contributed by atoms with Crippen LogP contribution < -0.4 is 10.1 Å². The minimum Gasteiger partial charge on any atom is -0.496 e. The van der Waals surface area contributed by atoms with Crippen LogP contribution in [-0.4, -0.2) is 29.1 Å². The third-order valence-electron chi connectivity index (χ3n) is 5.77. The van der Waals surface area contributed by atoms with E-state index in [0.717, 1.165) is 42.2 Å². The van der Waals surface area contributed by atoms with Gasteiger partial charge in [0, 0.05) is 18.8 Å². The Labute approximate surface area is 168 Å². The number of hydrogen-bond donors (Lipinski definition) is 1. The van der Waals surface area contributed by atoms with Crippen LogP contribution in [0.4, 0.5) is 0 Å². The van der Waals surface area contributed by atoms with E-state index in [4.69, 9.17) is 9.72 Å². The number of benzene rings is 1. The molecule has 28 heavy (non-hydrogen) atoms. The molecule has 0 radical (unpaired) electrons. The number of imidazole rings is 1. The minimum atomic E-state index is -0.0792. The highest BCUT2D eigenvalue weighted by Crippen LogP contribution is 2.33. The molecular formula is C23H33N3O2. The van der Waals surface area contributed by atoms with Gasteiger partial charge in [0.25, 0.3) is 5.91 Å². The van der Waals surface area contributed by atoms with Crippen LogP contribution in [0.3, 0.4) is 0 Å². The van der Waals surface area contributed by atoms with E-state index in [1.54, 1.807) is 7.11 Å². The quantitative estimate of drug-likeness (QED) is 0.654. The molecule has 1 amide bonds. The lowest BCUT2D eigenvalue weighted by Crippen LogP contribution is -2.25. The van der Waals surface area contributed by atoms with Gasteiger partial charge < -0.3 is 14.6 Å². The summed E-state index contributed by atoms with van der Waals surface area (Å²) in [6, 6.07) is 7.93. The van der Waals surface area contributed by atoms with E-state index >= 15 is 0 Å². The largest absolute Gasteiger partial charge is 0.496 e. The Hall–Kier alpha value is -2.30. The minimum absolute atomic E-state index is 0.0792. The maximum absolute atomic E-state index is 12.8. The summed E-state index contributed by atoms with van der Waals surface area (Å²) in [5.74, 6) is 2.19. The molecule has 0 saturated heterocycles. The zero-order valence-corrected chi connectivity index (χ0v) is 17.5. The molecule has 1 aliphatic carbocycles. The van der Waals surface area contributed by atoms with Gasteiger partial charge in [-0.25, -0.2) is 4.98 Å². The standard InChI is InChI=1S/C23H33N3O2/c1-4-5-15-24-23(27)21-17(2)26(16-18-11-7-6-8-12-18)22(25-21)19-13-9-10-14-20(19)28-3/h9-10,13-14,18H,4-8,11-12,15-16H2,1-3H3,(H,24,27). The van der Waals surface area contributed by atoms with Gasteiger partial charge in [0.15, 0.2) is 0 Å². The summed E-state index contributed by atoms with van der Waals surface area (Å²) in [6.45, 7) is 5.74. The monoisotopic (exact) mass is 383 g/mol. The molecule has 5 heteroatoms. The Kier molecular flexibility index (Phi) is 7.12. The summed E-state index contributed by atoms with van der Waals surface area (Å²) in [4.78, 5) is 17.6. The third kappa shape index (κ3) is 4.57. The first-order valence-electron chi connectivity index (χ1n) is 10.6. The maximum Gasteiger partial charge on any atom is 0.271 e. The Bertz CT molecular complexity index is 791. The van der Waals surface area contributed by atoms with Crippen molar-refractivity contribution in [2.75, 3.05) is 13.7 Å². The van der Waals surface area contributed by atoms with Crippen molar-refractivity contribution in [3.05, 3.63) is 35.7 Å². The lowest BCUT2D eigenvalue weighted by atomic mass is 9.89.